The van der Waals surface area contributed by atoms with Crippen LogP contribution in [0.2, 0.25) is 0 Å². The summed E-state index contributed by atoms with van der Waals surface area (Å²) < 4.78 is 35.8. The summed E-state index contributed by atoms with van der Waals surface area (Å²) in [5, 5.41) is 0.778. The fourth-order valence-corrected chi connectivity index (χ4v) is 3.61. The SMILES string of the molecule is COc1cc2c3ncccc3n(Cc3ccc(SC)cc3F)c2cc1F. The molecule has 0 N–H and O–H groups in total. The van der Waals surface area contributed by atoms with E-state index in [1.807, 2.05) is 29.0 Å². The Hall–Kier alpha value is -2.60. The van der Waals surface area contributed by atoms with Crippen molar-refractivity contribution in [2.24, 2.45) is 0 Å². The third-order valence-electron chi connectivity index (χ3n) is 4.48. The van der Waals surface area contributed by atoms with Crippen LogP contribution in [0.25, 0.3) is 21.9 Å². The minimum absolute atomic E-state index is 0.165. The van der Waals surface area contributed by atoms with Crippen LogP contribution in [-0.2, 0) is 6.54 Å². The highest BCUT2D eigenvalue weighted by Gasteiger charge is 2.16. The van der Waals surface area contributed by atoms with Gasteiger partial charge in [0.15, 0.2) is 11.6 Å². The summed E-state index contributed by atoms with van der Waals surface area (Å²) in [6, 6.07) is 12.0. The van der Waals surface area contributed by atoms with Crippen LogP contribution in [0, 0.1) is 11.6 Å². The quantitative estimate of drug-likeness (QED) is 0.459. The van der Waals surface area contributed by atoms with Gasteiger partial charge in [0.25, 0.3) is 0 Å². The Morgan fingerprint density at radius 2 is 1.92 bits per heavy atom. The Morgan fingerprint density at radius 3 is 2.65 bits per heavy atom. The molecule has 0 unspecified atom stereocenters. The van der Waals surface area contributed by atoms with Crippen molar-refractivity contribution in [3.05, 3.63) is 65.9 Å². The second-order valence-electron chi connectivity index (χ2n) is 5.92. The van der Waals surface area contributed by atoms with Crippen molar-refractivity contribution in [3.8, 4) is 5.75 Å². The molecule has 3 nitrogen and oxygen atoms in total. The second-order valence-corrected chi connectivity index (χ2v) is 6.80. The molecule has 4 rings (SSSR count). The molecular weight excluding hydrogens is 354 g/mol. The van der Waals surface area contributed by atoms with Gasteiger partial charge in [-0.25, -0.2) is 8.78 Å². The van der Waals surface area contributed by atoms with E-state index in [1.165, 1.54) is 31.0 Å². The van der Waals surface area contributed by atoms with Crippen LogP contribution in [0.15, 0.2) is 53.6 Å². The Balaban J connectivity index is 1.94. The molecule has 6 heteroatoms. The number of pyridine rings is 1. The zero-order chi connectivity index (χ0) is 18.3. The molecule has 26 heavy (non-hydrogen) atoms. The molecule has 0 aliphatic carbocycles. The Morgan fingerprint density at radius 1 is 1.08 bits per heavy atom. The number of rotatable bonds is 4. The maximum absolute atomic E-state index is 14.5. The number of halogens is 2. The number of benzene rings is 2. The van der Waals surface area contributed by atoms with Gasteiger partial charge in [-0.05, 0) is 36.6 Å². The molecule has 0 bridgehead atoms. The molecule has 0 fully saturated rings. The highest BCUT2D eigenvalue weighted by atomic mass is 32.2. The molecule has 0 aliphatic heterocycles. The highest BCUT2D eigenvalue weighted by molar-refractivity contribution is 7.98. The van der Waals surface area contributed by atoms with E-state index in [4.69, 9.17) is 4.74 Å². The molecule has 2 aromatic carbocycles. The van der Waals surface area contributed by atoms with E-state index in [1.54, 1.807) is 18.3 Å². The molecule has 0 atom stereocenters. The summed E-state index contributed by atoms with van der Waals surface area (Å²) in [6.45, 7) is 0.290. The lowest BCUT2D eigenvalue weighted by molar-refractivity contribution is 0.387. The van der Waals surface area contributed by atoms with Crippen LogP contribution in [0.1, 0.15) is 5.56 Å². The van der Waals surface area contributed by atoms with Crippen LogP contribution in [0.5, 0.6) is 5.75 Å². The lowest BCUT2D eigenvalue weighted by atomic mass is 10.2. The number of ether oxygens (including phenoxy) is 1. The lowest BCUT2D eigenvalue weighted by Gasteiger charge is -2.10. The number of aromatic nitrogens is 2. The molecule has 0 aliphatic rings. The highest BCUT2D eigenvalue weighted by Crippen LogP contribution is 2.33. The Bertz CT molecular complexity index is 1120. The average Bonchev–Trinajstić information content (AvgIpc) is 2.95. The molecule has 0 radical (unpaired) electrons. The number of nitrogens with zero attached hydrogens (tertiary/aromatic N) is 2. The van der Waals surface area contributed by atoms with Crippen molar-refractivity contribution in [2.75, 3.05) is 13.4 Å². The van der Waals surface area contributed by atoms with Gasteiger partial charge < -0.3 is 9.30 Å². The third-order valence-corrected chi connectivity index (χ3v) is 5.21. The summed E-state index contributed by atoms with van der Waals surface area (Å²) in [5.41, 5.74) is 2.76. The van der Waals surface area contributed by atoms with E-state index in [2.05, 4.69) is 4.98 Å². The number of methoxy groups -OCH3 is 1. The summed E-state index contributed by atoms with van der Waals surface area (Å²) >= 11 is 1.49. The van der Waals surface area contributed by atoms with Crippen molar-refractivity contribution in [1.29, 1.82) is 0 Å². The molecule has 0 spiro atoms. The van der Waals surface area contributed by atoms with Gasteiger partial charge in [-0.2, -0.15) is 0 Å². The lowest BCUT2D eigenvalue weighted by Crippen LogP contribution is -2.02. The van der Waals surface area contributed by atoms with Crippen molar-refractivity contribution in [2.45, 2.75) is 11.4 Å². The van der Waals surface area contributed by atoms with Gasteiger partial charge >= 0.3 is 0 Å². The van der Waals surface area contributed by atoms with Gasteiger partial charge in [0, 0.05) is 28.1 Å². The molecular formula is C20H16F2N2OS. The smallest absolute Gasteiger partial charge is 0.167 e. The fraction of sp³-hybridized carbons (Fsp3) is 0.150. The first-order valence-corrected chi connectivity index (χ1v) is 9.27. The van der Waals surface area contributed by atoms with Gasteiger partial charge in [-0.15, -0.1) is 11.8 Å². The van der Waals surface area contributed by atoms with E-state index in [0.29, 0.717) is 11.1 Å². The molecule has 4 aromatic rings. The van der Waals surface area contributed by atoms with Crippen molar-refractivity contribution in [1.82, 2.24) is 9.55 Å². The largest absolute Gasteiger partial charge is 0.494 e. The topological polar surface area (TPSA) is 27.1 Å². The van der Waals surface area contributed by atoms with Crippen LogP contribution in [0.4, 0.5) is 8.78 Å². The minimum Gasteiger partial charge on any atom is -0.494 e. The standard InChI is InChI=1S/C20H16F2N2OS/c1-25-19-9-14-18(10-16(19)22)24(17-4-3-7-23-20(14)17)11-12-5-6-13(26-2)8-15(12)21/h3-10H,11H2,1-2H3. The van der Waals surface area contributed by atoms with Gasteiger partial charge in [0.05, 0.1) is 30.2 Å². The molecule has 2 aromatic heterocycles. The summed E-state index contributed by atoms with van der Waals surface area (Å²) in [6.07, 6.45) is 3.60. The maximum Gasteiger partial charge on any atom is 0.167 e. The summed E-state index contributed by atoms with van der Waals surface area (Å²) in [7, 11) is 1.43. The fourth-order valence-electron chi connectivity index (χ4n) is 3.19. The van der Waals surface area contributed by atoms with Gasteiger partial charge in [-0.1, -0.05) is 6.07 Å². The number of fused-ring (bicyclic) bond motifs is 3. The molecule has 0 saturated carbocycles. The van der Waals surface area contributed by atoms with Crippen LogP contribution in [0.3, 0.4) is 0 Å². The van der Waals surface area contributed by atoms with Crippen LogP contribution >= 0.6 is 11.8 Å². The van der Waals surface area contributed by atoms with E-state index >= 15 is 0 Å². The zero-order valence-corrected chi connectivity index (χ0v) is 15.1. The molecule has 132 valence electrons. The monoisotopic (exact) mass is 370 g/mol. The number of hydrogen-bond acceptors (Lipinski definition) is 3. The van der Waals surface area contributed by atoms with Gasteiger partial charge in [-0.3, -0.25) is 4.98 Å². The second kappa shape index (κ2) is 6.61. The van der Waals surface area contributed by atoms with E-state index in [0.717, 1.165) is 21.3 Å². The number of hydrogen-bond donors (Lipinski definition) is 0. The normalized spacial score (nSPS) is 11.4. The first-order chi connectivity index (χ1) is 12.6. The first kappa shape index (κ1) is 16.8. The van der Waals surface area contributed by atoms with E-state index < -0.39 is 5.82 Å². The van der Waals surface area contributed by atoms with Crippen molar-refractivity contribution >= 4 is 33.7 Å². The van der Waals surface area contributed by atoms with Crippen LogP contribution in [-0.4, -0.2) is 22.9 Å². The Labute approximate surface area is 153 Å². The van der Waals surface area contributed by atoms with Crippen molar-refractivity contribution in [3.63, 3.8) is 0 Å². The third kappa shape index (κ3) is 2.70. The maximum atomic E-state index is 14.5. The van der Waals surface area contributed by atoms with E-state index in [-0.39, 0.29) is 18.1 Å². The minimum atomic E-state index is -0.456. The van der Waals surface area contributed by atoms with Crippen molar-refractivity contribution < 1.29 is 13.5 Å². The van der Waals surface area contributed by atoms with Crippen LogP contribution < -0.4 is 4.74 Å². The average molecular weight is 370 g/mol. The molecule has 0 saturated heterocycles. The summed E-state index contributed by atoms with van der Waals surface area (Å²) in [5.74, 6) is -0.565. The zero-order valence-electron chi connectivity index (χ0n) is 14.3. The predicted molar refractivity (Wildman–Crippen MR) is 101 cm³/mol. The predicted octanol–water partition coefficient (Wildman–Crippen LogP) is 5.25. The Kier molecular flexibility index (Phi) is 4.28. The first-order valence-electron chi connectivity index (χ1n) is 8.05. The molecule has 2 heterocycles. The van der Waals surface area contributed by atoms with Gasteiger partial charge in [0.1, 0.15) is 5.82 Å². The van der Waals surface area contributed by atoms with Gasteiger partial charge in [0.2, 0.25) is 0 Å². The molecule has 0 amide bonds. The van der Waals surface area contributed by atoms with E-state index in [9.17, 15) is 8.78 Å². The summed E-state index contributed by atoms with van der Waals surface area (Å²) in [4.78, 5) is 5.30. The number of thioether (sulfide) groups is 1.